The van der Waals surface area contributed by atoms with Crippen LogP contribution in [0.1, 0.15) is 52.2 Å². The molecule has 0 aliphatic carbocycles. The molecule has 0 spiro atoms. The average Bonchev–Trinajstić information content (AvgIpc) is 2.76. The number of ether oxygens (including phenoxy) is 2. The van der Waals surface area contributed by atoms with Crippen LogP contribution in [0.5, 0.6) is 5.75 Å². The molecule has 0 fully saturated rings. The van der Waals surface area contributed by atoms with E-state index in [0.29, 0.717) is 23.3 Å². The zero-order chi connectivity index (χ0) is 20.8. The van der Waals surface area contributed by atoms with Crippen LogP contribution < -0.4 is 4.74 Å². The van der Waals surface area contributed by atoms with E-state index >= 15 is 0 Å². The minimum Gasteiger partial charge on any atom is -0.496 e. The van der Waals surface area contributed by atoms with E-state index in [0.717, 1.165) is 35.0 Å². The fourth-order valence-electron chi connectivity index (χ4n) is 3.52. The van der Waals surface area contributed by atoms with E-state index in [4.69, 9.17) is 14.5 Å². The molecule has 0 saturated carbocycles. The number of esters is 1. The Balaban J connectivity index is 1.93. The lowest BCUT2D eigenvalue weighted by atomic mass is 9.96. The predicted octanol–water partition coefficient (Wildman–Crippen LogP) is 4.80. The third-order valence-electron chi connectivity index (χ3n) is 4.87. The van der Waals surface area contributed by atoms with Crippen LogP contribution in [0, 0.1) is 0 Å². The Hall–Kier alpha value is -3.21. The van der Waals surface area contributed by atoms with Crippen molar-refractivity contribution in [2.24, 2.45) is 0 Å². The summed E-state index contributed by atoms with van der Waals surface area (Å²) in [6.45, 7) is 3.74. The molecule has 0 saturated heterocycles. The maximum Gasteiger partial charge on any atom is 0.339 e. The van der Waals surface area contributed by atoms with E-state index in [2.05, 4.69) is 6.92 Å². The smallest absolute Gasteiger partial charge is 0.339 e. The van der Waals surface area contributed by atoms with Gasteiger partial charge in [-0.2, -0.15) is 0 Å². The molecule has 0 amide bonds. The Bertz CT molecular complexity index is 1040. The van der Waals surface area contributed by atoms with Crippen molar-refractivity contribution < 1.29 is 19.1 Å². The summed E-state index contributed by atoms with van der Waals surface area (Å²) in [5, 5.41) is 0.749. The number of fused-ring (bicyclic) bond motifs is 1. The lowest BCUT2D eigenvalue weighted by Crippen LogP contribution is -2.17. The van der Waals surface area contributed by atoms with Gasteiger partial charge in [-0.3, -0.25) is 9.78 Å². The van der Waals surface area contributed by atoms with Gasteiger partial charge in [0.2, 0.25) is 5.78 Å². The highest BCUT2D eigenvalue weighted by molar-refractivity contribution is 6.07. The molecule has 1 aromatic heterocycles. The minimum absolute atomic E-state index is 0.305. The number of Topliss-reactive ketones (excluding diaryl/α,β-unsaturated/α-hetero) is 1. The summed E-state index contributed by atoms with van der Waals surface area (Å²) < 4.78 is 10.7. The normalized spacial score (nSPS) is 10.7. The zero-order valence-corrected chi connectivity index (χ0v) is 17.0. The van der Waals surface area contributed by atoms with Gasteiger partial charge in [-0.05, 0) is 36.6 Å². The van der Waals surface area contributed by atoms with E-state index in [1.165, 1.54) is 7.11 Å². The van der Waals surface area contributed by atoms with E-state index in [-0.39, 0.29) is 12.4 Å². The molecule has 0 bridgehead atoms. The monoisotopic (exact) mass is 391 g/mol. The molecule has 29 heavy (non-hydrogen) atoms. The number of hydrogen-bond donors (Lipinski definition) is 0. The van der Waals surface area contributed by atoms with Gasteiger partial charge in [-0.15, -0.1) is 0 Å². The van der Waals surface area contributed by atoms with Gasteiger partial charge in [0.05, 0.1) is 23.8 Å². The van der Waals surface area contributed by atoms with Crippen molar-refractivity contribution >= 4 is 22.7 Å². The highest BCUT2D eigenvalue weighted by Gasteiger charge is 2.22. The third-order valence-corrected chi connectivity index (χ3v) is 4.87. The minimum atomic E-state index is -0.499. The Morgan fingerprint density at radius 3 is 2.45 bits per heavy atom. The molecule has 5 nitrogen and oxygen atoms in total. The van der Waals surface area contributed by atoms with Crippen molar-refractivity contribution in [2.75, 3.05) is 13.7 Å². The molecule has 5 heteroatoms. The topological polar surface area (TPSA) is 65.5 Å². The van der Waals surface area contributed by atoms with Gasteiger partial charge in [0.15, 0.2) is 6.61 Å². The van der Waals surface area contributed by atoms with Gasteiger partial charge >= 0.3 is 5.97 Å². The Kier molecular flexibility index (Phi) is 6.60. The van der Waals surface area contributed by atoms with Gasteiger partial charge in [-0.1, -0.05) is 50.6 Å². The standard InChI is InChI=1S/C24H25NO4/c1-4-10-19-16(5-2)23(17-11-6-8-13-20(17)25-19)24(27)29-15-21(26)18-12-7-9-14-22(18)28-3/h6-9,11-14H,4-5,10,15H2,1-3H3. The molecule has 150 valence electrons. The number of pyridine rings is 1. The van der Waals surface area contributed by atoms with Crippen molar-refractivity contribution in [2.45, 2.75) is 33.1 Å². The molecular formula is C24H25NO4. The summed E-state index contributed by atoms with van der Waals surface area (Å²) in [4.78, 5) is 30.4. The second-order valence-corrected chi connectivity index (χ2v) is 6.73. The van der Waals surface area contributed by atoms with Gasteiger partial charge in [0.25, 0.3) is 0 Å². The first-order valence-electron chi connectivity index (χ1n) is 9.84. The Morgan fingerprint density at radius 1 is 1.00 bits per heavy atom. The number of carbonyl (C=O) groups excluding carboxylic acids is 2. The summed E-state index contributed by atoms with van der Waals surface area (Å²) >= 11 is 0. The number of rotatable bonds is 8. The maximum atomic E-state index is 13.1. The van der Waals surface area contributed by atoms with Crippen LogP contribution in [-0.4, -0.2) is 30.5 Å². The fourth-order valence-corrected chi connectivity index (χ4v) is 3.52. The number of hydrogen-bond acceptors (Lipinski definition) is 5. The highest BCUT2D eigenvalue weighted by atomic mass is 16.5. The first kappa shape index (κ1) is 20.5. The van der Waals surface area contributed by atoms with Crippen molar-refractivity contribution in [1.29, 1.82) is 0 Å². The van der Waals surface area contributed by atoms with Crippen molar-refractivity contribution in [3.63, 3.8) is 0 Å². The van der Waals surface area contributed by atoms with Crippen LogP contribution in [0.25, 0.3) is 10.9 Å². The van der Waals surface area contributed by atoms with E-state index in [1.807, 2.05) is 31.2 Å². The number of para-hydroxylation sites is 2. The number of carbonyl (C=O) groups is 2. The van der Waals surface area contributed by atoms with Crippen LogP contribution in [0.3, 0.4) is 0 Å². The summed E-state index contributed by atoms with van der Waals surface area (Å²) in [6, 6.07) is 14.4. The predicted molar refractivity (Wildman–Crippen MR) is 113 cm³/mol. The molecule has 3 rings (SSSR count). The van der Waals surface area contributed by atoms with Gasteiger partial charge in [-0.25, -0.2) is 4.79 Å². The molecule has 0 aliphatic rings. The van der Waals surface area contributed by atoms with Crippen molar-refractivity contribution in [3.05, 3.63) is 70.9 Å². The molecule has 0 atom stereocenters. The number of ketones is 1. The maximum absolute atomic E-state index is 13.1. The van der Waals surface area contributed by atoms with E-state index in [9.17, 15) is 9.59 Å². The Labute approximate surface area is 170 Å². The number of aryl methyl sites for hydroxylation is 1. The molecule has 0 aliphatic heterocycles. The molecule has 1 heterocycles. The second kappa shape index (κ2) is 9.32. The van der Waals surface area contributed by atoms with Crippen LogP contribution in [0.15, 0.2) is 48.5 Å². The van der Waals surface area contributed by atoms with Gasteiger partial charge < -0.3 is 9.47 Å². The molecule has 0 N–H and O–H groups in total. The molecule has 2 aromatic carbocycles. The number of aromatic nitrogens is 1. The van der Waals surface area contributed by atoms with E-state index in [1.54, 1.807) is 24.3 Å². The van der Waals surface area contributed by atoms with Crippen LogP contribution in [-0.2, 0) is 17.6 Å². The van der Waals surface area contributed by atoms with Crippen molar-refractivity contribution in [1.82, 2.24) is 4.98 Å². The average molecular weight is 391 g/mol. The van der Waals surface area contributed by atoms with Crippen molar-refractivity contribution in [3.8, 4) is 5.75 Å². The number of benzene rings is 2. The van der Waals surface area contributed by atoms with Crippen LogP contribution in [0.2, 0.25) is 0 Å². The molecule has 0 unspecified atom stereocenters. The fraction of sp³-hybridized carbons (Fsp3) is 0.292. The first-order chi connectivity index (χ1) is 14.1. The largest absolute Gasteiger partial charge is 0.496 e. The highest BCUT2D eigenvalue weighted by Crippen LogP contribution is 2.26. The summed E-state index contributed by atoms with van der Waals surface area (Å²) in [5.74, 6) is -0.343. The van der Waals surface area contributed by atoms with Crippen LogP contribution in [0.4, 0.5) is 0 Å². The molecule has 0 radical (unpaired) electrons. The quantitative estimate of drug-likeness (QED) is 0.408. The SMILES string of the molecule is CCCc1nc2ccccc2c(C(=O)OCC(=O)c2ccccc2OC)c1CC. The molecule has 3 aromatic rings. The molecular weight excluding hydrogens is 366 g/mol. The van der Waals surface area contributed by atoms with Crippen LogP contribution >= 0.6 is 0 Å². The number of nitrogens with zero attached hydrogens (tertiary/aromatic N) is 1. The lowest BCUT2D eigenvalue weighted by molar-refractivity contribution is 0.0474. The van der Waals surface area contributed by atoms with Gasteiger partial charge in [0.1, 0.15) is 5.75 Å². The van der Waals surface area contributed by atoms with E-state index < -0.39 is 5.97 Å². The zero-order valence-electron chi connectivity index (χ0n) is 17.0. The Morgan fingerprint density at radius 2 is 1.72 bits per heavy atom. The first-order valence-corrected chi connectivity index (χ1v) is 9.84. The summed E-state index contributed by atoms with van der Waals surface area (Å²) in [5.41, 5.74) is 3.47. The number of methoxy groups -OCH3 is 1. The van der Waals surface area contributed by atoms with Gasteiger partial charge in [0, 0.05) is 11.1 Å². The summed E-state index contributed by atoms with van der Waals surface area (Å²) in [6.07, 6.45) is 2.38. The summed E-state index contributed by atoms with van der Waals surface area (Å²) in [7, 11) is 1.50. The second-order valence-electron chi connectivity index (χ2n) is 6.73. The third kappa shape index (κ3) is 4.29. The lowest BCUT2D eigenvalue weighted by Gasteiger charge is -2.15.